The van der Waals surface area contributed by atoms with E-state index in [4.69, 9.17) is 9.47 Å². The van der Waals surface area contributed by atoms with Crippen molar-refractivity contribution in [2.75, 3.05) is 26.8 Å². The Labute approximate surface area is 81.8 Å². The summed E-state index contributed by atoms with van der Waals surface area (Å²) in [6.45, 7) is 10.7. The van der Waals surface area contributed by atoms with Crippen LogP contribution >= 0.6 is 0 Å². The van der Waals surface area contributed by atoms with Crippen molar-refractivity contribution in [2.24, 2.45) is 0 Å². The highest BCUT2D eigenvalue weighted by Gasteiger charge is 2.17. The van der Waals surface area contributed by atoms with Crippen LogP contribution in [0.5, 0.6) is 0 Å². The van der Waals surface area contributed by atoms with Gasteiger partial charge in [0.2, 0.25) is 0 Å². The maximum absolute atomic E-state index is 5.79. The summed E-state index contributed by atoms with van der Waals surface area (Å²) in [4.78, 5) is 0. The van der Waals surface area contributed by atoms with Crippen LogP contribution in [0.2, 0.25) is 0 Å². The van der Waals surface area contributed by atoms with E-state index in [9.17, 15) is 0 Å². The van der Waals surface area contributed by atoms with E-state index >= 15 is 0 Å². The van der Waals surface area contributed by atoms with Crippen LogP contribution < -0.4 is 5.32 Å². The van der Waals surface area contributed by atoms with E-state index in [0.29, 0.717) is 6.61 Å². The summed E-state index contributed by atoms with van der Waals surface area (Å²) in [5.41, 5.74) is -0.0986. The third-order valence-corrected chi connectivity index (χ3v) is 1.49. The van der Waals surface area contributed by atoms with Crippen LogP contribution in [-0.2, 0) is 9.47 Å². The minimum atomic E-state index is -0.0986. The lowest BCUT2D eigenvalue weighted by molar-refractivity contribution is -0.0844. The number of ether oxygens (including phenoxy) is 2. The molecule has 0 aromatic rings. The van der Waals surface area contributed by atoms with E-state index in [0.717, 1.165) is 13.1 Å². The molecule has 3 heteroatoms. The summed E-state index contributed by atoms with van der Waals surface area (Å²) in [6.07, 6.45) is 0.143. The molecule has 0 aliphatic rings. The predicted molar refractivity (Wildman–Crippen MR) is 55.0 cm³/mol. The van der Waals surface area contributed by atoms with Crippen LogP contribution in [-0.4, -0.2) is 38.5 Å². The summed E-state index contributed by atoms with van der Waals surface area (Å²) in [5, 5.41) is 3.25. The van der Waals surface area contributed by atoms with Crippen LogP contribution in [0.15, 0.2) is 0 Å². The molecule has 0 heterocycles. The fraction of sp³-hybridized carbons (Fsp3) is 1.00. The molecular formula is C10H23NO2. The van der Waals surface area contributed by atoms with Gasteiger partial charge in [-0.25, -0.2) is 0 Å². The molecule has 0 aromatic carbocycles. The van der Waals surface area contributed by atoms with Crippen molar-refractivity contribution in [3.8, 4) is 0 Å². The lowest BCUT2D eigenvalue weighted by atomic mass is 10.2. The van der Waals surface area contributed by atoms with Gasteiger partial charge in [-0.2, -0.15) is 0 Å². The quantitative estimate of drug-likeness (QED) is 0.685. The Balaban J connectivity index is 3.79. The summed E-state index contributed by atoms with van der Waals surface area (Å²) in [6, 6.07) is 0. The Kier molecular flexibility index (Phi) is 6.29. The molecule has 0 aromatic heterocycles. The van der Waals surface area contributed by atoms with Gasteiger partial charge >= 0.3 is 0 Å². The highest BCUT2D eigenvalue weighted by molar-refractivity contribution is 4.67. The number of hydrogen-bond donors (Lipinski definition) is 1. The van der Waals surface area contributed by atoms with Gasteiger partial charge in [-0.05, 0) is 27.3 Å². The Morgan fingerprint density at radius 2 is 1.92 bits per heavy atom. The van der Waals surface area contributed by atoms with Crippen LogP contribution in [0.4, 0.5) is 0 Å². The fourth-order valence-electron chi connectivity index (χ4n) is 1.13. The first kappa shape index (κ1) is 12.9. The number of rotatable bonds is 6. The first-order valence-electron chi connectivity index (χ1n) is 4.87. The molecule has 80 valence electrons. The highest BCUT2D eigenvalue weighted by atomic mass is 16.5. The molecule has 0 bridgehead atoms. The lowest BCUT2D eigenvalue weighted by Crippen LogP contribution is -2.38. The topological polar surface area (TPSA) is 30.5 Å². The predicted octanol–water partition coefficient (Wildman–Crippen LogP) is 1.43. The smallest absolute Gasteiger partial charge is 0.0939 e. The van der Waals surface area contributed by atoms with E-state index in [-0.39, 0.29) is 11.7 Å². The average Bonchev–Trinajstić information content (AvgIpc) is 1.98. The molecule has 0 amide bonds. The summed E-state index contributed by atoms with van der Waals surface area (Å²) >= 11 is 0. The van der Waals surface area contributed by atoms with Crippen molar-refractivity contribution in [2.45, 2.75) is 39.4 Å². The zero-order chi connectivity index (χ0) is 10.3. The van der Waals surface area contributed by atoms with Crippen molar-refractivity contribution in [3.63, 3.8) is 0 Å². The van der Waals surface area contributed by atoms with Crippen LogP contribution in [0.1, 0.15) is 27.7 Å². The number of likely N-dealkylation sites (N-methyl/N-ethyl adjacent to an activating group) is 1. The van der Waals surface area contributed by atoms with Gasteiger partial charge in [0.15, 0.2) is 0 Å². The molecule has 0 rings (SSSR count). The van der Waals surface area contributed by atoms with E-state index in [1.54, 1.807) is 7.11 Å². The van der Waals surface area contributed by atoms with Gasteiger partial charge in [-0.3, -0.25) is 0 Å². The second kappa shape index (κ2) is 6.35. The van der Waals surface area contributed by atoms with Gasteiger partial charge in [0.25, 0.3) is 0 Å². The van der Waals surface area contributed by atoms with Gasteiger partial charge < -0.3 is 14.8 Å². The van der Waals surface area contributed by atoms with Crippen LogP contribution in [0.3, 0.4) is 0 Å². The Bertz CT molecular complexity index is 121. The van der Waals surface area contributed by atoms with E-state index in [1.807, 2.05) is 0 Å². The molecule has 13 heavy (non-hydrogen) atoms. The number of nitrogens with one attached hydrogen (secondary N) is 1. The van der Waals surface area contributed by atoms with Gasteiger partial charge in [-0.15, -0.1) is 0 Å². The van der Waals surface area contributed by atoms with E-state index < -0.39 is 0 Å². The Morgan fingerprint density at radius 1 is 1.31 bits per heavy atom. The Hall–Kier alpha value is -0.120. The summed E-state index contributed by atoms with van der Waals surface area (Å²) in [7, 11) is 1.70. The molecule has 0 aliphatic carbocycles. The Morgan fingerprint density at radius 3 is 2.31 bits per heavy atom. The maximum Gasteiger partial charge on any atom is 0.0939 e. The molecule has 1 atom stereocenters. The molecule has 0 aliphatic heterocycles. The molecule has 3 nitrogen and oxygen atoms in total. The van der Waals surface area contributed by atoms with E-state index in [2.05, 4.69) is 33.0 Å². The normalized spacial score (nSPS) is 14.5. The lowest BCUT2D eigenvalue weighted by Gasteiger charge is -2.27. The van der Waals surface area contributed by atoms with Gasteiger partial charge in [0.05, 0.1) is 18.3 Å². The fourth-order valence-corrected chi connectivity index (χ4v) is 1.13. The summed E-state index contributed by atoms with van der Waals surface area (Å²) < 4.78 is 10.9. The van der Waals surface area contributed by atoms with Crippen LogP contribution in [0.25, 0.3) is 0 Å². The molecule has 0 saturated carbocycles. The van der Waals surface area contributed by atoms with Crippen molar-refractivity contribution < 1.29 is 9.47 Å². The largest absolute Gasteiger partial charge is 0.382 e. The van der Waals surface area contributed by atoms with E-state index in [1.165, 1.54) is 0 Å². The van der Waals surface area contributed by atoms with Crippen molar-refractivity contribution >= 4 is 0 Å². The molecule has 0 radical (unpaired) electrons. The third-order valence-electron chi connectivity index (χ3n) is 1.49. The number of methoxy groups -OCH3 is 1. The molecular weight excluding hydrogens is 166 g/mol. The summed E-state index contributed by atoms with van der Waals surface area (Å²) in [5.74, 6) is 0. The molecule has 0 spiro atoms. The SMILES string of the molecule is CCNCC(COC)OC(C)(C)C. The first-order valence-corrected chi connectivity index (χ1v) is 4.87. The van der Waals surface area contributed by atoms with Crippen molar-refractivity contribution in [1.29, 1.82) is 0 Å². The van der Waals surface area contributed by atoms with Crippen molar-refractivity contribution in [3.05, 3.63) is 0 Å². The molecule has 1 N–H and O–H groups in total. The second-order valence-corrected chi connectivity index (χ2v) is 4.12. The zero-order valence-corrected chi connectivity index (χ0v) is 9.52. The standard InChI is InChI=1S/C10H23NO2/c1-6-11-7-9(8-12-5)13-10(2,3)4/h9,11H,6-8H2,1-5H3. The molecule has 1 unspecified atom stereocenters. The van der Waals surface area contributed by atoms with Crippen LogP contribution in [0, 0.1) is 0 Å². The third kappa shape index (κ3) is 8.22. The molecule has 0 fully saturated rings. The minimum absolute atomic E-state index is 0.0986. The highest BCUT2D eigenvalue weighted by Crippen LogP contribution is 2.10. The number of hydrogen-bond acceptors (Lipinski definition) is 3. The first-order chi connectivity index (χ1) is 5.99. The second-order valence-electron chi connectivity index (χ2n) is 4.12. The maximum atomic E-state index is 5.79. The van der Waals surface area contributed by atoms with Gasteiger partial charge in [-0.1, -0.05) is 6.92 Å². The van der Waals surface area contributed by atoms with Gasteiger partial charge in [0, 0.05) is 13.7 Å². The molecule has 0 saturated heterocycles. The van der Waals surface area contributed by atoms with Gasteiger partial charge in [0.1, 0.15) is 0 Å². The minimum Gasteiger partial charge on any atom is -0.382 e. The van der Waals surface area contributed by atoms with Crippen molar-refractivity contribution in [1.82, 2.24) is 5.32 Å². The average molecular weight is 189 g/mol. The monoisotopic (exact) mass is 189 g/mol. The zero-order valence-electron chi connectivity index (χ0n) is 9.52.